The summed E-state index contributed by atoms with van der Waals surface area (Å²) in [5.41, 5.74) is 0. The van der Waals surface area contributed by atoms with Crippen LogP contribution in [0.5, 0.6) is 0 Å². The van der Waals surface area contributed by atoms with Gasteiger partial charge in [0.15, 0.2) is 0 Å². The first-order valence-electron chi connectivity index (χ1n) is 5.60. The average Bonchev–Trinajstić information content (AvgIpc) is 2.33. The third-order valence-electron chi connectivity index (χ3n) is 2.19. The van der Waals surface area contributed by atoms with Gasteiger partial charge in [0.1, 0.15) is 4.90 Å². The monoisotopic (exact) mass is 367 g/mol. The molecule has 1 aromatic carbocycles. The van der Waals surface area contributed by atoms with Crippen molar-refractivity contribution in [1.29, 1.82) is 0 Å². The van der Waals surface area contributed by atoms with E-state index in [1.807, 2.05) is 0 Å². The maximum Gasteiger partial charge on any atom is 0.242 e. The lowest BCUT2D eigenvalue weighted by Crippen LogP contribution is -2.27. The first kappa shape index (κ1) is 16.7. The standard InChI is InChI=1S/C12H15BrClNO3S/c1-2-3-7-18-8-6-15-19(16,17)12-5-4-10(13)9-11(12)14/h2,4-5,9,15H,1,3,6-8H2. The Labute approximate surface area is 127 Å². The van der Waals surface area contributed by atoms with Crippen LogP contribution >= 0.6 is 27.5 Å². The summed E-state index contributed by atoms with van der Waals surface area (Å²) < 4.78 is 32.3. The molecule has 0 amide bonds. The summed E-state index contributed by atoms with van der Waals surface area (Å²) in [5.74, 6) is 0. The summed E-state index contributed by atoms with van der Waals surface area (Å²) in [6.07, 6.45) is 2.48. The highest BCUT2D eigenvalue weighted by Gasteiger charge is 2.17. The third kappa shape index (κ3) is 5.62. The summed E-state index contributed by atoms with van der Waals surface area (Å²) in [5, 5.41) is 0.175. The van der Waals surface area contributed by atoms with Crippen molar-refractivity contribution in [3.05, 3.63) is 40.3 Å². The molecule has 4 nitrogen and oxygen atoms in total. The number of ether oxygens (including phenoxy) is 1. The lowest BCUT2D eigenvalue weighted by molar-refractivity contribution is 0.144. The lowest BCUT2D eigenvalue weighted by atomic mass is 10.4. The molecule has 106 valence electrons. The van der Waals surface area contributed by atoms with E-state index < -0.39 is 10.0 Å². The Morgan fingerprint density at radius 1 is 1.42 bits per heavy atom. The van der Waals surface area contributed by atoms with Gasteiger partial charge < -0.3 is 4.74 Å². The minimum atomic E-state index is -3.60. The Bertz CT molecular complexity index is 534. The number of hydrogen-bond donors (Lipinski definition) is 1. The molecule has 0 atom stereocenters. The first-order valence-corrected chi connectivity index (χ1v) is 8.26. The normalized spacial score (nSPS) is 11.5. The van der Waals surface area contributed by atoms with Crippen LogP contribution in [0.15, 0.2) is 40.2 Å². The molecule has 1 rings (SSSR count). The number of rotatable bonds is 8. The van der Waals surface area contributed by atoms with Gasteiger partial charge in [-0.1, -0.05) is 33.6 Å². The minimum absolute atomic E-state index is 0.0588. The van der Waals surface area contributed by atoms with E-state index in [0.29, 0.717) is 13.2 Å². The van der Waals surface area contributed by atoms with Gasteiger partial charge in [0.25, 0.3) is 0 Å². The predicted octanol–water partition coefficient (Wildman–Crippen LogP) is 2.97. The fourth-order valence-corrected chi connectivity index (χ4v) is 3.34. The van der Waals surface area contributed by atoms with Crippen molar-refractivity contribution in [3.8, 4) is 0 Å². The number of nitrogens with one attached hydrogen (secondary N) is 1. The van der Waals surface area contributed by atoms with Crippen LogP contribution < -0.4 is 4.72 Å². The highest BCUT2D eigenvalue weighted by Crippen LogP contribution is 2.24. The molecule has 19 heavy (non-hydrogen) atoms. The zero-order valence-electron chi connectivity index (χ0n) is 10.2. The van der Waals surface area contributed by atoms with Crippen molar-refractivity contribution in [3.63, 3.8) is 0 Å². The minimum Gasteiger partial charge on any atom is -0.380 e. The van der Waals surface area contributed by atoms with E-state index in [4.69, 9.17) is 16.3 Å². The lowest BCUT2D eigenvalue weighted by Gasteiger charge is -2.08. The molecule has 0 saturated carbocycles. The van der Waals surface area contributed by atoms with Gasteiger partial charge in [0.2, 0.25) is 10.0 Å². The summed E-state index contributed by atoms with van der Waals surface area (Å²) >= 11 is 9.13. The molecular formula is C12H15BrClNO3S. The average molecular weight is 369 g/mol. The van der Waals surface area contributed by atoms with Crippen molar-refractivity contribution in [2.75, 3.05) is 19.8 Å². The third-order valence-corrected chi connectivity index (χ3v) is 4.63. The van der Waals surface area contributed by atoms with Gasteiger partial charge in [-0.3, -0.25) is 0 Å². The summed E-state index contributed by atoms with van der Waals surface area (Å²) in [7, 11) is -3.60. The quantitative estimate of drug-likeness (QED) is 0.567. The van der Waals surface area contributed by atoms with E-state index in [9.17, 15) is 8.42 Å². The topological polar surface area (TPSA) is 55.4 Å². The first-order chi connectivity index (χ1) is 8.97. The summed E-state index contributed by atoms with van der Waals surface area (Å²) in [6.45, 7) is 4.60. The number of halogens is 2. The fourth-order valence-electron chi connectivity index (χ4n) is 1.29. The van der Waals surface area contributed by atoms with Crippen molar-refractivity contribution >= 4 is 37.6 Å². The van der Waals surface area contributed by atoms with Gasteiger partial charge >= 0.3 is 0 Å². The SMILES string of the molecule is C=CCCOCCNS(=O)(=O)c1ccc(Br)cc1Cl. The molecule has 1 N–H and O–H groups in total. The molecule has 7 heteroatoms. The van der Waals surface area contributed by atoms with Crippen LogP contribution in [0.2, 0.25) is 5.02 Å². The molecule has 0 aliphatic rings. The highest BCUT2D eigenvalue weighted by molar-refractivity contribution is 9.10. The number of hydrogen-bond acceptors (Lipinski definition) is 3. The Morgan fingerprint density at radius 3 is 2.79 bits per heavy atom. The molecule has 0 bridgehead atoms. The summed E-state index contributed by atoms with van der Waals surface area (Å²) in [6, 6.07) is 4.62. The van der Waals surface area contributed by atoms with E-state index in [0.717, 1.165) is 10.9 Å². The van der Waals surface area contributed by atoms with E-state index in [1.165, 1.54) is 12.1 Å². The number of benzene rings is 1. The maximum absolute atomic E-state index is 12.0. The molecule has 1 aromatic rings. The zero-order valence-corrected chi connectivity index (χ0v) is 13.4. The van der Waals surface area contributed by atoms with Gasteiger partial charge in [-0.25, -0.2) is 13.1 Å². The molecule has 0 saturated heterocycles. The van der Waals surface area contributed by atoms with Crippen LogP contribution in [-0.2, 0) is 14.8 Å². The van der Waals surface area contributed by atoms with Crippen LogP contribution in [0, 0.1) is 0 Å². The van der Waals surface area contributed by atoms with Gasteiger partial charge in [-0.05, 0) is 24.6 Å². The molecule has 0 aromatic heterocycles. The van der Waals surface area contributed by atoms with E-state index in [1.54, 1.807) is 12.1 Å². The Kier molecular flexibility index (Phi) is 7.02. The second-order valence-corrected chi connectivity index (χ2v) is 6.72. The van der Waals surface area contributed by atoms with E-state index in [2.05, 4.69) is 27.2 Å². The second kappa shape index (κ2) is 8.01. The second-order valence-electron chi connectivity index (χ2n) is 3.66. The largest absolute Gasteiger partial charge is 0.380 e. The highest BCUT2D eigenvalue weighted by atomic mass is 79.9. The molecule has 0 heterocycles. The van der Waals surface area contributed by atoms with Crippen molar-refractivity contribution in [1.82, 2.24) is 4.72 Å². The van der Waals surface area contributed by atoms with Crippen molar-refractivity contribution < 1.29 is 13.2 Å². The van der Waals surface area contributed by atoms with Gasteiger partial charge in [-0.15, -0.1) is 6.58 Å². The molecule has 0 radical (unpaired) electrons. The van der Waals surface area contributed by atoms with Gasteiger partial charge in [0, 0.05) is 11.0 Å². The van der Waals surface area contributed by atoms with Crippen LogP contribution in [0.3, 0.4) is 0 Å². The molecule has 0 spiro atoms. The summed E-state index contributed by atoms with van der Waals surface area (Å²) in [4.78, 5) is 0.0588. The van der Waals surface area contributed by atoms with E-state index >= 15 is 0 Å². The fraction of sp³-hybridized carbons (Fsp3) is 0.333. The van der Waals surface area contributed by atoms with Crippen LogP contribution in [0.4, 0.5) is 0 Å². The van der Waals surface area contributed by atoms with E-state index in [-0.39, 0.29) is 16.5 Å². The molecule has 0 aliphatic carbocycles. The Morgan fingerprint density at radius 2 is 2.16 bits per heavy atom. The van der Waals surface area contributed by atoms with Crippen LogP contribution in [-0.4, -0.2) is 28.2 Å². The van der Waals surface area contributed by atoms with Crippen molar-refractivity contribution in [2.24, 2.45) is 0 Å². The van der Waals surface area contributed by atoms with Crippen LogP contribution in [0.25, 0.3) is 0 Å². The molecule has 0 unspecified atom stereocenters. The van der Waals surface area contributed by atoms with Gasteiger partial charge in [-0.2, -0.15) is 0 Å². The maximum atomic E-state index is 12.0. The Hall–Kier alpha value is -0.400. The predicted molar refractivity (Wildman–Crippen MR) is 80.0 cm³/mol. The molecule has 0 fully saturated rings. The van der Waals surface area contributed by atoms with Crippen molar-refractivity contribution in [2.45, 2.75) is 11.3 Å². The Balaban J connectivity index is 2.54. The zero-order chi connectivity index (χ0) is 14.3. The molecule has 0 aliphatic heterocycles. The number of sulfonamides is 1. The van der Waals surface area contributed by atoms with Crippen LogP contribution in [0.1, 0.15) is 6.42 Å². The van der Waals surface area contributed by atoms with Gasteiger partial charge in [0.05, 0.1) is 18.2 Å². The molecular weight excluding hydrogens is 354 g/mol. The smallest absolute Gasteiger partial charge is 0.242 e.